The first-order valence-electron chi connectivity index (χ1n) is 4.10. The van der Waals surface area contributed by atoms with Gasteiger partial charge in [0, 0.05) is 16.7 Å². The maximum atomic E-state index is 11.6. The van der Waals surface area contributed by atoms with Crippen LogP contribution in [0.25, 0.3) is 0 Å². The fourth-order valence-corrected chi connectivity index (χ4v) is 1.60. The van der Waals surface area contributed by atoms with Gasteiger partial charge in [-0.2, -0.15) is 0 Å². The minimum atomic E-state index is -0.199. The van der Waals surface area contributed by atoms with Crippen molar-refractivity contribution >= 4 is 27.5 Å². The average Bonchev–Trinajstić information content (AvgIpc) is 2.14. The van der Waals surface area contributed by atoms with Gasteiger partial charge in [0.15, 0.2) is 0 Å². The van der Waals surface area contributed by atoms with Crippen molar-refractivity contribution in [3.05, 3.63) is 40.9 Å². The fraction of sp³-hybridized carbons (Fsp3) is 0.100. The number of benzene rings is 1. The van der Waals surface area contributed by atoms with Crippen molar-refractivity contribution in [1.82, 2.24) is 5.32 Å². The lowest BCUT2D eigenvalue weighted by Gasteiger charge is -2.07. The molecule has 0 fully saturated rings. The third-order valence-electron chi connectivity index (χ3n) is 1.68. The second kappa shape index (κ2) is 4.81. The summed E-state index contributed by atoms with van der Waals surface area (Å²) in [7, 11) is 0. The Kier molecular flexibility index (Phi) is 3.71. The Morgan fingerprint density at radius 3 is 2.93 bits per heavy atom. The zero-order chi connectivity index (χ0) is 10.6. The number of nitrogens with two attached hydrogens (primary N) is 1. The lowest BCUT2D eigenvalue weighted by Crippen LogP contribution is -2.24. The molecule has 0 saturated heterocycles. The molecular formula is C10H11BrN2O. The molecule has 0 radical (unpaired) electrons. The summed E-state index contributed by atoms with van der Waals surface area (Å²) in [5.74, 6) is -0.199. The van der Waals surface area contributed by atoms with Crippen LogP contribution >= 0.6 is 15.9 Å². The summed E-state index contributed by atoms with van der Waals surface area (Å²) >= 11 is 3.27. The SMILES string of the molecule is C=CCNC(=O)c1c(N)cccc1Br. The average molecular weight is 255 g/mol. The summed E-state index contributed by atoms with van der Waals surface area (Å²) in [4.78, 5) is 11.6. The summed E-state index contributed by atoms with van der Waals surface area (Å²) in [6.07, 6.45) is 1.62. The highest BCUT2D eigenvalue weighted by Crippen LogP contribution is 2.21. The van der Waals surface area contributed by atoms with Crippen molar-refractivity contribution in [1.29, 1.82) is 0 Å². The van der Waals surface area contributed by atoms with E-state index >= 15 is 0 Å². The van der Waals surface area contributed by atoms with Crippen LogP contribution in [0.5, 0.6) is 0 Å². The van der Waals surface area contributed by atoms with E-state index in [9.17, 15) is 4.79 Å². The molecule has 0 heterocycles. The molecule has 14 heavy (non-hydrogen) atoms. The van der Waals surface area contributed by atoms with Crippen molar-refractivity contribution in [2.75, 3.05) is 12.3 Å². The van der Waals surface area contributed by atoms with Crippen molar-refractivity contribution < 1.29 is 4.79 Å². The van der Waals surface area contributed by atoms with E-state index in [2.05, 4.69) is 27.8 Å². The minimum Gasteiger partial charge on any atom is -0.398 e. The minimum absolute atomic E-state index is 0.199. The summed E-state index contributed by atoms with van der Waals surface area (Å²) < 4.78 is 0.694. The number of nitrogen functional groups attached to an aromatic ring is 1. The fourth-order valence-electron chi connectivity index (χ4n) is 1.03. The summed E-state index contributed by atoms with van der Waals surface area (Å²) in [5.41, 5.74) is 6.60. The third-order valence-corrected chi connectivity index (χ3v) is 2.34. The molecule has 74 valence electrons. The Balaban J connectivity index is 2.94. The number of nitrogens with one attached hydrogen (secondary N) is 1. The molecule has 1 amide bonds. The Morgan fingerprint density at radius 2 is 2.36 bits per heavy atom. The van der Waals surface area contributed by atoms with E-state index < -0.39 is 0 Å². The van der Waals surface area contributed by atoms with Gasteiger partial charge in [-0.1, -0.05) is 12.1 Å². The molecule has 0 saturated carbocycles. The van der Waals surface area contributed by atoms with Crippen molar-refractivity contribution in [2.24, 2.45) is 0 Å². The van der Waals surface area contributed by atoms with E-state index in [1.165, 1.54) is 0 Å². The Hall–Kier alpha value is -1.29. The lowest BCUT2D eigenvalue weighted by molar-refractivity contribution is 0.0958. The molecule has 3 nitrogen and oxygen atoms in total. The maximum absolute atomic E-state index is 11.6. The highest BCUT2D eigenvalue weighted by atomic mass is 79.9. The first-order valence-corrected chi connectivity index (χ1v) is 4.89. The highest BCUT2D eigenvalue weighted by Gasteiger charge is 2.11. The Labute approximate surface area is 91.1 Å². The van der Waals surface area contributed by atoms with E-state index in [1.807, 2.05) is 0 Å². The maximum Gasteiger partial charge on any atom is 0.254 e. The number of hydrogen-bond acceptors (Lipinski definition) is 2. The highest BCUT2D eigenvalue weighted by molar-refractivity contribution is 9.10. The van der Waals surface area contributed by atoms with Crippen molar-refractivity contribution in [3.8, 4) is 0 Å². The molecule has 3 N–H and O–H groups in total. The smallest absolute Gasteiger partial charge is 0.254 e. The van der Waals surface area contributed by atoms with E-state index in [0.29, 0.717) is 22.3 Å². The quantitative estimate of drug-likeness (QED) is 0.640. The number of hydrogen-bond donors (Lipinski definition) is 2. The van der Waals surface area contributed by atoms with Gasteiger partial charge in [-0.15, -0.1) is 6.58 Å². The largest absolute Gasteiger partial charge is 0.398 e. The van der Waals surface area contributed by atoms with Crippen LogP contribution in [0.3, 0.4) is 0 Å². The predicted octanol–water partition coefficient (Wildman–Crippen LogP) is 1.95. The number of amides is 1. The van der Waals surface area contributed by atoms with Crippen LogP contribution in [0.1, 0.15) is 10.4 Å². The first-order chi connectivity index (χ1) is 6.66. The zero-order valence-corrected chi connectivity index (χ0v) is 9.17. The predicted molar refractivity (Wildman–Crippen MR) is 61.1 cm³/mol. The molecule has 0 aromatic heterocycles. The molecule has 1 rings (SSSR count). The molecule has 1 aromatic carbocycles. The van der Waals surface area contributed by atoms with Crippen LogP contribution in [0.15, 0.2) is 35.3 Å². The molecule has 0 aliphatic rings. The Bertz CT molecular complexity index is 343. The third kappa shape index (κ3) is 2.35. The van der Waals surface area contributed by atoms with Gasteiger partial charge in [-0.25, -0.2) is 0 Å². The van der Waals surface area contributed by atoms with Gasteiger partial charge in [-0.05, 0) is 28.1 Å². The van der Waals surface area contributed by atoms with Gasteiger partial charge in [-0.3, -0.25) is 4.79 Å². The molecule has 0 aliphatic heterocycles. The lowest BCUT2D eigenvalue weighted by atomic mass is 10.1. The number of carbonyl (C=O) groups is 1. The van der Waals surface area contributed by atoms with Crippen LogP contribution in [-0.2, 0) is 0 Å². The van der Waals surface area contributed by atoms with Crippen molar-refractivity contribution in [2.45, 2.75) is 0 Å². The normalized spacial score (nSPS) is 9.50. The number of rotatable bonds is 3. The standard InChI is InChI=1S/C10H11BrN2O/c1-2-6-13-10(14)9-7(11)4-3-5-8(9)12/h2-5H,1,6,12H2,(H,13,14). The molecule has 0 aliphatic carbocycles. The number of anilines is 1. The van der Waals surface area contributed by atoms with E-state index in [0.717, 1.165) is 0 Å². The van der Waals surface area contributed by atoms with Gasteiger partial charge in [0.1, 0.15) is 0 Å². The van der Waals surface area contributed by atoms with Crippen LogP contribution < -0.4 is 11.1 Å². The van der Waals surface area contributed by atoms with Crippen LogP contribution in [0.4, 0.5) is 5.69 Å². The molecular weight excluding hydrogens is 244 g/mol. The molecule has 0 bridgehead atoms. The van der Waals surface area contributed by atoms with Crippen molar-refractivity contribution in [3.63, 3.8) is 0 Å². The molecule has 1 aromatic rings. The molecule has 0 atom stereocenters. The van der Waals surface area contributed by atoms with Crippen LogP contribution in [0.2, 0.25) is 0 Å². The van der Waals surface area contributed by atoms with E-state index in [-0.39, 0.29) is 5.91 Å². The zero-order valence-electron chi connectivity index (χ0n) is 7.59. The first kappa shape index (κ1) is 10.8. The van der Waals surface area contributed by atoms with E-state index in [4.69, 9.17) is 5.73 Å². The summed E-state index contributed by atoms with van der Waals surface area (Å²) in [6.45, 7) is 3.94. The topological polar surface area (TPSA) is 55.1 Å². The summed E-state index contributed by atoms with van der Waals surface area (Å²) in [5, 5.41) is 2.66. The van der Waals surface area contributed by atoms with Gasteiger partial charge >= 0.3 is 0 Å². The van der Waals surface area contributed by atoms with Crippen LogP contribution in [-0.4, -0.2) is 12.5 Å². The summed E-state index contributed by atoms with van der Waals surface area (Å²) in [6, 6.07) is 5.25. The second-order valence-electron chi connectivity index (χ2n) is 2.70. The van der Waals surface area contributed by atoms with Gasteiger partial charge in [0.25, 0.3) is 5.91 Å². The second-order valence-corrected chi connectivity index (χ2v) is 3.56. The Morgan fingerprint density at radius 1 is 1.64 bits per heavy atom. The number of halogens is 1. The van der Waals surface area contributed by atoms with Crippen LogP contribution in [0, 0.1) is 0 Å². The van der Waals surface area contributed by atoms with Gasteiger partial charge in [0.2, 0.25) is 0 Å². The monoisotopic (exact) mass is 254 g/mol. The molecule has 4 heteroatoms. The molecule has 0 spiro atoms. The van der Waals surface area contributed by atoms with Gasteiger partial charge < -0.3 is 11.1 Å². The van der Waals surface area contributed by atoms with E-state index in [1.54, 1.807) is 24.3 Å². The number of carbonyl (C=O) groups excluding carboxylic acids is 1. The molecule has 0 unspecified atom stereocenters. The van der Waals surface area contributed by atoms with Gasteiger partial charge in [0.05, 0.1) is 5.56 Å².